The van der Waals surface area contributed by atoms with Crippen LogP contribution < -0.4 is 0 Å². The van der Waals surface area contributed by atoms with Crippen LogP contribution in [0.1, 0.15) is 20.3 Å². The number of likely N-dealkylation sites (tertiary alicyclic amines) is 1. The number of halogens is 1. The maximum Gasteiger partial charge on any atom is 0.238 e. The molecule has 0 spiro atoms. The molecule has 1 unspecified atom stereocenters. The summed E-state index contributed by atoms with van der Waals surface area (Å²) in [4.78, 5) is 13.0. The summed E-state index contributed by atoms with van der Waals surface area (Å²) in [5.74, 6) is 0.219. The minimum atomic E-state index is -0.281. The number of nitrogens with zero attached hydrogens (tertiary/aromatic N) is 2. The van der Waals surface area contributed by atoms with E-state index in [-0.39, 0.29) is 23.9 Å². The lowest BCUT2D eigenvalue weighted by Gasteiger charge is -2.24. The first kappa shape index (κ1) is 10.3. The summed E-state index contributed by atoms with van der Waals surface area (Å²) in [6, 6.07) is 1.99. The second-order valence-corrected chi connectivity index (χ2v) is 3.80. The van der Waals surface area contributed by atoms with E-state index in [1.54, 1.807) is 4.90 Å². The van der Waals surface area contributed by atoms with Crippen LogP contribution >= 0.6 is 11.6 Å². The van der Waals surface area contributed by atoms with Gasteiger partial charge in [-0.1, -0.05) is 6.92 Å². The standard InChI is InChI=1S/C9H13ClN2O/c1-6-3-8(5-11)12(7(6)2)9(13)4-10/h6-8H,3-4H2,1-2H3/t6-,7?,8-/m0/s1. The van der Waals surface area contributed by atoms with Gasteiger partial charge in [0.05, 0.1) is 6.07 Å². The van der Waals surface area contributed by atoms with E-state index >= 15 is 0 Å². The Morgan fingerprint density at radius 1 is 1.69 bits per heavy atom. The van der Waals surface area contributed by atoms with E-state index in [1.807, 2.05) is 6.92 Å². The normalized spacial score (nSPS) is 33.1. The van der Waals surface area contributed by atoms with Crippen LogP contribution in [0.4, 0.5) is 0 Å². The lowest BCUT2D eigenvalue weighted by molar-refractivity contribution is -0.130. The molecule has 0 bridgehead atoms. The molecule has 1 amide bonds. The maximum atomic E-state index is 11.4. The van der Waals surface area contributed by atoms with Gasteiger partial charge in [0.25, 0.3) is 0 Å². The summed E-state index contributed by atoms with van der Waals surface area (Å²) >= 11 is 5.47. The van der Waals surface area contributed by atoms with Crippen molar-refractivity contribution in [3.05, 3.63) is 0 Å². The number of nitriles is 1. The minimum absolute atomic E-state index is 0.0325. The molecule has 0 N–H and O–H groups in total. The first-order chi connectivity index (χ1) is 6.11. The highest BCUT2D eigenvalue weighted by molar-refractivity contribution is 6.27. The van der Waals surface area contributed by atoms with Crippen molar-refractivity contribution in [1.29, 1.82) is 5.26 Å². The van der Waals surface area contributed by atoms with Crippen LogP contribution in [-0.4, -0.2) is 28.8 Å². The molecule has 4 heteroatoms. The molecule has 0 aliphatic carbocycles. The summed E-state index contributed by atoms with van der Waals surface area (Å²) in [5.41, 5.74) is 0. The highest BCUT2D eigenvalue weighted by Crippen LogP contribution is 2.29. The van der Waals surface area contributed by atoms with Crippen LogP contribution in [0.2, 0.25) is 0 Å². The zero-order chi connectivity index (χ0) is 10.0. The van der Waals surface area contributed by atoms with Gasteiger partial charge in [-0.25, -0.2) is 0 Å². The number of amides is 1. The summed E-state index contributed by atoms with van der Waals surface area (Å²) in [6.45, 7) is 4.02. The molecule has 13 heavy (non-hydrogen) atoms. The molecule has 1 aliphatic heterocycles. The average Bonchev–Trinajstić information content (AvgIpc) is 2.42. The van der Waals surface area contributed by atoms with Crippen LogP contribution in [0, 0.1) is 17.2 Å². The number of alkyl halides is 1. The highest BCUT2D eigenvalue weighted by atomic mass is 35.5. The van der Waals surface area contributed by atoms with Crippen LogP contribution in [-0.2, 0) is 4.79 Å². The number of carbonyl (C=O) groups is 1. The Morgan fingerprint density at radius 2 is 2.31 bits per heavy atom. The zero-order valence-electron chi connectivity index (χ0n) is 7.83. The Balaban J connectivity index is 2.81. The Bertz CT molecular complexity index is 248. The van der Waals surface area contributed by atoms with Gasteiger partial charge in [0.1, 0.15) is 11.9 Å². The lowest BCUT2D eigenvalue weighted by Crippen LogP contribution is -2.40. The molecule has 3 atom stereocenters. The molecular formula is C9H13ClN2O. The molecule has 1 rings (SSSR count). The van der Waals surface area contributed by atoms with E-state index in [2.05, 4.69) is 13.0 Å². The van der Waals surface area contributed by atoms with Crippen molar-refractivity contribution in [2.24, 2.45) is 5.92 Å². The fourth-order valence-corrected chi connectivity index (χ4v) is 1.94. The topological polar surface area (TPSA) is 44.1 Å². The SMILES string of the molecule is CC1[C@@H](C)C[C@@H](C#N)N1C(=O)CCl. The molecule has 1 saturated heterocycles. The molecule has 0 radical (unpaired) electrons. The summed E-state index contributed by atoms with van der Waals surface area (Å²) in [6.07, 6.45) is 0.764. The van der Waals surface area contributed by atoms with Gasteiger partial charge in [-0.3, -0.25) is 4.79 Å². The fourth-order valence-electron chi connectivity index (χ4n) is 1.81. The number of hydrogen-bond donors (Lipinski definition) is 0. The predicted octanol–water partition coefficient (Wildman–Crippen LogP) is 1.37. The van der Waals surface area contributed by atoms with E-state index in [9.17, 15) is 4.79 Å². The predicted molar refractivity (Wildman–Crippen MR) is 50.2 cm³/mol. The van der Waals surface area contributed by atoms with Gasteiger partial charge in [-0.2, -0.15) is 5.26 Å². The molecular weight excluding hydrogens is 188 g/mol. The number of rotatable bonds is 1. The van der Waals surface area contributed by atoms with E-state index < -0.39 is 0 Å². The van der Waals surface area contributed by atoms with Gasteiger partial charge >= 0.3 is 0 Å². The van der Waals surface area contributed by atoms with Crippen LogP contribution in [0.15, 0.2) is 0 Å². The third-order valence-corrected chi connectivity index (χ3v) is 2.97. The Kier molecular flexibility index (Phi) is 3.16. The van der Waals surface area contributed by atoms with Crippen LogP contribution in [0.5, 0.6) is 0 Å². The quantitative estimate of drug-likeness (QED) is 0.601. The van der Waals surface area contributed by atoms with Crippen LogP contribution in [0.3, 0.4) is 0 Å². The molecule has 0 aromatic rings. The fraction of sp³-hybridized carbons (Fsp3) is 0.778. The Hall–Kier alpha value is -0.750. The van der Waals surface area contributed by atoms with E-state index in [4.69, 9.17) is 16.9 Å². The molecule has 3 nitrogen and oxygen atoms in total. The molecule has 72 valence electrons. The largest absolute Gasteiger partial charge is 0.323 e. The Morgan fingerprint density at radius 3 is 2.77 bits per heavy atom. The van der Waals surface area contributed by atoms with E-state index in [1.165, 1.54) is 0 Å². The smallest absolute Gasteiger partial charge is 0.238 e. The van der Waals surface area contributed by atoms with Gasteiger partial charge in [0.2, 0.25) is 5.91 Å². The van der Waals surface area contributed by atoms with Gasteiger partial charge < -0.3 is 4.90 Å². The average molecular weight is 201 g/mol. The molecule has 0 aromatic carbocycles. The summed E-state index contributed by atoms with van der Waals surface area (Å²) < 4.78 is 0. The Labute approximate surface area is 83.3 Å². The van der Waals surface area contributed by atoms with Crippen molar-refractivity contribution < 1.29 is 4.79 Å². The number of carbonyl (C=O) groups excluding carboxylic acids is 1. The monoisotopic (exact) mass is 200 g/mol. The van der Waals surface area contributed by atoms with Crippen molar-refractivity contribution in [1.82, 2.24) is 4.90 Å². The summed E-state index contributed by atoms with van der Waals surface area (Å²) in [5, 5.41) is 8.83. The van der Waals surface area contributed by atoms with Crippen molar-refractivity contribution in [3.63, 3.8) is 0 Å². The molecule has 1 heterocycles. The summed E-state index contributed by atoms with van der Waals surface area (Å²) in [7, 11) is 0. The maximum absolute atomic E-state index is 11.4. The number of hydrogen-bond acceptors (Lipinski definition) is 2. The molecule has 1 fully saturated rings. The lowest BCUT2D eigenvalue weighted by atomic mass is 10.0. The first-order valence-electron chi connectivity index (χ1n) is 4.38. The van der Waals surface area contributed by atoms with Gasteiger partial charge in [-0.15, -0.1) is 11.6 Å². The molecule has 0 saturated carbocycles. The van der Waals surface area contributed by atoms with Crippen LogP contribution in [0.25, 0.3) is 0 Å². The zero-order valence-corrected chi connectivity index (χ0v) is 8.58. The van der Waals surface area contributed by atoms with Gasteiger partial charge in [-0.05, 0) is 19.3 Å². The van der Waals surface area contributed by atoms with Gasteiger partial charge in [0.15, 0.2) is 0 Å². The van der Waals surface area contributed by atoms with E-state index in [0.717, 1.165) is 6.42 Å². The van der Waals surface area contributed by atoms with Gasteiger partial charge in [0, 0.05) is 6.04 Å². The third-order valence-electron chi connectivity index (χ3n) is 2.74. The van der Waals surface area contributed by atoms with Crippen molar-refractivity contribution in [2.45, 2.75) is 32.4 Å². The second-order valence-electron chi connectivity index (χ2n) is 3.53. The highest BCUT2D eigenvalue weighted by Gasteiger charge is 2.38. The van der Waals surface area contributed by atoms with E-state index in [0.29, 0.717) is 5.92 Å². The van der Waals surface area contributed by atoms with Crippen molar-refractivity contribution in [3.8, 4) is 6.07 Å². The second kappa shape index (κ2) is 3.97. The first-order valence-corrected chi connectivity index (χ1v) is 4.92. The third kappa shape index (κ3) is 1.78. The molecule has 0 aromatic heterocycles. The van der Waals surface area contributed by atoms with Crippen molar-refractivity contribution >= 4 is 17.5 Å². The molecule has 1 aliphatic rings. The minimum Gasteiger partial charge on any atom is -0.323 e. The van der Waals surface area contributed by atoms with Crippen molar-refractivity contribution in [2.75, 3.05) is 5.88 Å².